The number of thiazole rings is 1. The van der Waals surface area contributed by atoms with E-state index in [1.165, 1.54) is 31.5 Å². The quantitative estimate of drug-likeness (QED) is 0.774. The second-order valence-corrected chi connectivity index (χ2v) is 7.26. The van der Waals surface area contributed by atoms with Gasteiger partial charge in [0.15, 0.2) is 0 Å². The second-order valence-electron chi connectivity index (χ2n) is 6.31. The van der Waals surface area contributed by atoms with Crippen LogP contribution < -0.4 is 0 Å². The SMILES string of the molecule is CN(CCc1ccncc1)C(=O)Cc1csc(CN2CCCC2)n1. The van der Waals surface area contributed by atoms with E-state index in [-0.39, 0.29) is 5.91 Å². The third-order valence-corrected chi connectivity index (χ3v) is 5.28. The van der Waals surface area contributed by atoms with Crippen LogP contribution in [0.4, 0.5) is 0 Å². The molecular formula is C18H24N4OS. The monoisotopic (exact) mass is 344 g/mol. The van der Waals surface area contributed by atoms with Crippen molar-refractivity contribution < 1.29 is 4.79 Å². The maximum absolute atomic E-state index is 12.4. The van der Waals surface area contributed by atoms with Crippen LogP contribution in [-0.4, -0.2) is 52.4 Å². The highest BCUT2D eigenvalue weighted by Gasteiger charge is 2.15. The third kappa shape index (κ3) is 4.85. The summed E-state index contributed by atoms with van der Waals surface area (Å²) >= 11 is 1.67. The summed E-state index contributed by atoms with van der Waals surface area (Å²) < 4.78 is 0. The van der Waals surface area contributed by atoms with Gasteiger partial charge in [0.2, 0.25) is 5.91 Å². The van der Waals surface area contributed by atoms with E-state index in [1.54, 1.807) is 28.6 Å². The summed E-state index contributed by atoms with van der Waals surface area (Å²) in [6.07, 6.45) is 7.39. The van der Waals surface area contributed by atoms with Crippen LogP contribution in [0.25, 0.3) is 0 Å². The molecule has 1 aliphatic rings. The highest BCUT2D eigenvalue weighted by molar-refractivity contribution is 7.09. The number of carbonyl (C=O) groups is 1. The van der Waals surface area contributed by atoms with Crippen molar-refractivity contribution in [1.29, 1.82) is 0 Å². The molecule has 3 heterocycles. The maximum Gasteiger partial charge on any atom is 0.228 e. The Kier molecular flexibility index (Phi) is 5.93. The molecule has 1 fully saturated rings. The Hall–Kier alpha value is -1.79. The average Bonchev–Trinajstić information content (AvgIpc) is 3.26. The number of nitrogens with zero attached hydrogens (tertiary/aromatic N) is 4. The molecule has 6 heteroatoms. The molecule has 0 N–H and O–H groups in total. The van der Waals surface area contributed by atoms with E-state index in [9.17, 15) is 4.79 Å². The van der Waals surface area contributed by atoms with Gasteiger partial charge in [-0.2, -0.15) is 0 Å². The first kappa shape index (κ1) is 17.0. The van der Waals surface area contributed by atoms with Gasteiger partial charge in [-0.1, -0.05) is 0 Å². The molecule has 0 aliphatic carbocycles. The maximum atomic E-state index is 12.4. The van der Waals surface area contributed by atoms with Crippen LogP contribution in [0, 0.1) is 0 Å². The van der Waals surface area contributed by atoms with Crippen molar-refractivity contribution >= 4 is 17.2 Å². The summed E-state index contributed by atoms with van der Waals surface area (Å²) in [4.78, 5) is 25.2. The van der Waals surface area contributed by atoms with E-state index in [1.807, 2.05) is 24.6 Å². The zero-order valence-corrected chi connectivity index (χ0v) is 15.0. The normalized spacial score (nSPS) is 14.9. The van der Waals surface area contributed by atoms with Gasteiger partial charge in [-0.05, 0) is 50.0 Å². The van der Waals surface area contributed by atoms with Crippen molar-refractivity contribution in [2.24, 2.45) is 0 Å². The molecule has 0 bridgehead atoms. The van der Waals surface area contributed by atoms with E-state index in [2.05, 4.69) is 14.9 Å². The predicted octanol–water partition coefficient (Wildman–Crippen LogP) is 2.38. The number of hydrogen-bond donors (Lipinski definition) is 0. The molecule has 0 radical (unpaired) electrons. The molecule has 2 aromatic rings. The van der Waals surface area contributed by atoms with Gasteiger partial charge in [-0.3, -0.25) is 14.7 Å². The molecule has 0 saturated carbocycles. The van der Waals surface area contributed by atoms with Crippen LogP contribution in [0.1, 0.15) is 29.1 Å². The van der Waals surface area contributed by atoms with Gasteiger partial charge >= 0.3 is 0 Å². The molecule has 5 nitrogen and oxygen atoms in total. The molecule has 24 heavy (non-hydrogen) atoms. The molecule has 1 saturated heterocycles. The molecule has 0 spiro atoms. The van der Waals surface area contributed by atoms with Crippen molar-refractivity contribution in [2.75, 3.05) is 26.7 Å². The Bertz CT molecular complexity index is 652. The van der Waals surface area contributed by atoms with Gasteiger partial charge in [-0.25, -0.2) is 4.98 Å². The molecule has 2 aromatic heterocycles. The molecule has 3 rings (SSSR count). The minimum Gasteiger partial charge on any atom is -0.345 e. The Balaban J connectivity index is 1.46. The van der Waals surface area contributed by atoms with Gasteiger partial charge in [-0.15, -0.1) is 11.3 Å². The largest absolute Gasteiger partial charge is 0.345 e. The molecular weight excluding hydrogens is 320 g/mol. The van der Waals surface area contributed by atoms with E-state index >= 15 is 0 Å². The first-order valence-corrected chi connectivity index (χ1v) is 9.37. The fourth-order valence-electron chi connectivity index (χ4n) is 2.90. The smallest absolute Gasteiger partial charge is 0.228 e. The van der Waals surface area contributed by atoms with Gasteiger partial charge in [0.05, 0.1) is 18.7 Å². The molecule has 0 atom stereocenters. The standard InChI is InChI=1S/C18H24N4OS/c1-21(11-6-15-4-7-19-8-5-15)18(23)12-16-14-24-17(20-16)13-22-9-2-3-10-22/h4-5,7-8,14H,2-3,6,9-13H2,1H3. The summed E-state index contributed by atoms with van der Waals surface area (Å²) in [6.45, 7) is 3.99. The van der Waals surface area contributed by atoms with Gasteiger partial charge in [0, 0.05) is 31.4 Å². The summed E-state index contributed by atoms with van der Waals surface area (Å²) in [5.41, 5.74) is 2.10. The molecule has 1 amide bonds. The lowest BCUT2D eigenvalue weighted by atomic mass is 10.2. The zero-order valence-electron chi connectivity index (χ0n) is 14.1. The number of pyridine rings is 1. The van der Waals surface area contributed by atoms with Crippen LogP contribution in [0.2, 0.25) is 0 Å². The number of carbonyl (C=O) groups excluding carboxylic acids is 1. The van der Waals surface area contributed by atoms with Crippen molar-refractivity contribution in [3.8, 4) is 0 Å². The number of likely N-dealkylation sites (tertiary alicyclic amines) is 1. The van der Waals surface area contributed by atoms with Crippen LogP contribution >= 0.6 is 11.3 Å². The fourth-order valence-corrected chi connectivity index (χ4v) is 3.73. The van der Waals surface area contributed by atoms with Gasteiger partial charge in [0.1, 0.15) is 5.01 Å². The molecule has 128 valence electrons. The Morgan fingerprint density at radius 3 is 2.79 bits per heavy atom. The number of aromatic nitrogens is 2. The molecule has 0 unspecified atom stereocenters. The number of amides is 1. The van der Waals surface area contributed by atoms with Crippen LogP contribution in [0.3, 0.4) is 0 Å². The minimum atomic E-state index is 0.127. The van der Waals surface area contributed by atoms with Crippen molar-refractivity contribution in [3.05, 3.63) is 46.2 Å². The number of hydrogen-bond acceptors (Lipinski definition) is 5. The first-order chi connectivity index (χ1) is 11.7. The lowest BCUT2D eigenvalue weighted by molar-refractivity contribution is -0.129. The van der Waals surface area contributed by atoms with E-state index in [0.29, 0.717) is 13.0 Å². The van der Waals surface area contributed by atoms with Crippen molar-refractivity contribution in [1.82, 2.24) is 19.8 Å². The van der Waals surface area contributed by atoms with Crippen molar-refractivity contribution in [3.63, 3.8) is 0 Å². The lowest BCUT2D eigenvalue weighted by Gasteiger charge is -2.16. The summed E-state index contributed by atoms with van der Waals surface area (Å²) in [5.74, 6) is 0.127. The summed E-state index contributed by atoms with van der Waals surface area (Å²) in [7, 11) is 1.86. The van der Waals surface area contributed by atoms with Crippen LogP contribution in [0.5, 0.6) is 0 Å². The van der Waals surface area contributed by atoms with Gasteiger partial charge in [0.25, 0.3) is 0 Å². The highest BCUT2D eigenvalue weighted by atomic mass is 32.1. The zero-order chi connectivity index (χ0) is 16.8. The Morgan fingerprint density at radius 2 is 2.04 bits per heavy atom. The number of rotatable bonds is 7. The second kappa shape index (κ2) is 8.35. The average molecular weight is 344 g/mol. The van der Waals surface area contributed by atoms with E-state index in [4.69, 9.17) is 0 Å². The molecule has 1 aliphatic heterocycles. The Morgan fingerprint density at radius 1 is 1.29 bits per heavy atom. The number of likely N-dealkylation sites (N-methyl/N-ethyl adjacent to an activating group) is 1. The Labute approximate surface area is 147 Å². The topological polar surface area (TPSA) is 49.3 Å². The van der Waals surface area contributed by atoms with E-state index < -0.39 is 0 Å². The van der Waals surface area contributed by atoms with Crippen LogP contribution in [-0.2, 0) is 24.2 Å². The van der Waals surface area contributed by atoms with E-state index in [0.717, 1.165) is 23.7 Å². The first-order valence-electron chi connectivity index (χ1n) is 8.49. The van der Waals surface area contributed by atoms with Gasteiger partial charge < -0.3 is 4.90 Å². The third-order valence-electron chi connectivity index (χ3n) is 4.40. The predicted molar refractivity (Wildman–Crippen MR) is 95.9 cm³/mol. The summed E-state index contributed by atoms with van der Waals surface area (Å²) in [6, 6.07) is 3.98. The highest BCUT2D eigenvalue weighted by Crippen LogP contribution is 2.17. The van der Waals surface area contributed by atoms with Crippen molar-refractivity contribution in [2.45, 2.75) is 32.2 Å². The fraction of sp³-hybridized carbons (Fsp3) is 0.500. The molecule has 0 aromatic carbocycles. The lowest BCUT2D eigenvalue weighted by Crippen LogP contribution is -2.30. The summed E-state index contributed by atoms with van der Waals surface area (Å²) in [5, 5.41) is 3.15. The van der Waals surface area contributed by atoms with Crippen LogP contribution in [0.15, 0.2) is 29.9 Å². The minimum absolute atomic E-state index is 0.127.